The highest BCUT2D eigenvalue weighted by Gasteiger charge is 2.33. The average molecular weight is 221 g/mol. The summed E-state index contributed by atoms with van der Waals surface area (Å²) < 4.78 is 2.15. The van der Waals surface area contributed by atoms with Crippen LogP contribution in [0.1, 0.15) is 45.0 Å². The molecule has 1 N–H and O–H groups in total. The van der Waals surface area contributed by atoms with Gasteiger partial charge in [0, 0.05) is 19.4 Å². The summed E-state index contributed by atoms with van der Waals surface area (Å²) in [5.74, 6) is 2.77. The van der Waals surface area contributed by atoms with Crippen molar-refractivity contribution in [1.29, 1.82) is 0 Å². The van der Waals surface area contributed by atoms with Gasteiger partial charge in [0.15, 0.2) is 0 Å². The molecule has 1 saturated carbocycles. The van der Waals surface area contributed by atoms with E-state index in [1.807, 2.05) is 12.4 Å². The van der Waals surface area contributed by atoms with Gasteiger partial charge in [0.25, 0.3) is 0 Å². The Morgan fingerprint density at radius 1 is 1.56 bits per heavy atom. The van der Waals surface area contributed by atoms with Gasteiger partial charge in [-0.1, -0.05) is 26.7 Å². The predicted molar refractivity (Wildman–Crippen MR) is 66.1 cm³/mol. The Balaban J connectivity index is 2.20. The minimum absolute atomic E-state index is 0.433. The molecule has 3 nitrogen and oxygen atoms in total. The van der Waals surface area contributed by atoms with Crippen LogP contribution in [0.15, 0.2) is 12.4 Å². The van der Waals surface area contributed by atoms with Crippen molar-refractivity contribution in [3.05, 3.63) is 18.2 Å². The van der Waals surface area contributed by atoms with Gasteiger partial charge in [-0.25, -0.2) is 4.98 Å². The molecule has 90 valence electrons. The normalized spacial score (nSPS) is 27.2. The van der Waals surface area contributed by atoms with Gasteiger partial charge in [-0.2, -0.15) is 0 Å². The van der Waals surface area contributed by atoms with E-state index in [0.717, 1.165) is 18.4 Å². The monoisotopic (exact) mass is 221 g/mol. The summed E-state index contributed by atoms with van der Waals surface area (Å²) in [6.07, 6.45) is 8.03. The van der Waals surface area contributed by atoms with E-state index < -0.39 is 0 Å². The summed E-state index contributed by atoms with van der Waals surface area (Å²) in [5.41, 5.74) is 0. The first kappa shape index (κ1) is 11.6. The van der Waals surface area contributed by atoms with Crippen molar-refractivity contribution in [2.75, 3.05) is 6.54 Å². The van der Waals surface area contributed by atoms with Gasteiger partial charge in [-0.15, -0.1) is 0 Å². The molecule has 3 atom stereocenters. The molecule has 3 heteroatoms. The highest BCUT2D eigenvalue weighted by Crippen LogP contribution is 2.39. The number of hydrogen-bond acceptors (Lipinski definition) is 2. The van der Waals surface area contributed by atoms with Crippen molar-refractivity contribution < 1.29 is 0 Å². The molecule has 1 aliphatic carbocycles. The van der Waals surface area contributed by atoms with E-state index in [0.29, 0.717) is 6.04 Å². The fourth-order valence-corrected chi connectivity index (χ4v) is 3.00. The van der Waals surface area contributed by atoms with Crippen LogP contribution >= 0.6 is 0 Å². The quantitative estimate of drug-likeness (QED) is 0.846. The summed E-state index contributed by atoms with van der Waals surface area (Å²) >= 11 is 0. The van der Waals surface area contributed by atoms with E-state index in [1.165, 1.54) is 25.1 Å². The van der Waals surface area contributed by atoms with Crippen LogP contribution in [0.25, 0.3) is 0 Å². The van der Waals surface area contributed by atoms with Crippen LogP contribution in [0.2, 0.25) is 0 Å². The van der Waals surface area contributed by atoms with Crippen LogP contribution in [-0.2, 0) is 7.05 Å². The molecular weight excluding hydrogens is 198 g/mol. The first-order valence-corrected chi connectivity index (χ1v) is 6.44. The second-order valence-electron chi connectivity index (χ2n) is 5.00. The van der Waals surface area contributed by atoms with Gasteiger partial charge >= 0.3 is 0 Å². The molecule has 1 heterocycles. The molecule has 0 spiro atoms. The zero-order chi connectivity index (χ0) is 11.5. The molecule has 1 aliphatic rings. The molecular formula is C13H23N3. The predicted octanol–water partition coefficient (Wildman–Crippen LogP) is 2.51. The van der Waals surface area contributed by atoms with E-state index in [1.54, 1.807) is 0 Å². The standard InChI is InChI=1S/C13H23N3/c1-4-14-12(11-7-5-6-10(11)2)13-15-8-9-16(13)3/h8-12,14H,4-7H2,1-3H3. The average Bonchev–Trinajstić information content (AvgIpc) is 2.84. The van der Waals surface area contributed by atoms with Gasteiger partial charge < -0.3 is 9.88 Å². The van der Waals surface area contributed by atoms with E-state index >= 15 is 0 Å². The number of hydrogen-bond donors (Lipinski definition) is 1. The fraction of sp³-hybridized carbons (Fsp3) is 0.769. The summed E-state index contributed by atoms with van der Waals surface area (Å²) in [6, 6.07) is 0.433. The molecule has 1 aromatic heterocycles. The number of nitrogens with one attached hydrogen (secondary N) is 1. The van der Waals surface area contributed by atoms with Crippen LogP contribution in [0, 0.1) is 11.8 Å². The third kappa shape index (κ3) is 2.14. The Hall–Kier alpha value is -0.830. The van der Waals surface area contributed by atoms with Gasteiger partial charge in [-0.3, -0.25) is 0 Å². The van der Waals surface area contributed by atoms with E-state index in [9.17, 15) is 0 Å². The summed E-state index contributed by atoms with van der Waals surface area (Å²) in [5, 5.41) is 3.61. The van der Waals surface area contributed by atoms with Crippen LogP contribution < -0.4 is 5.32 Å². The van der Waals surface area contributed by atoms with E-state index in [4.69, 9.17) is 0 Å². The third-order valence-corrected chi connectivity index (χ3v) is 3.92. The Bertz CT molecular complexity index is 332. The van der Waals surface area contributed by atoms with E-state index in [2.05, 4.69) is 35.8 Å². The fourth-order valence-electron chi connectivity index (χ4n) is 3.00. The highest BCUT2D eigenvalue weighted by atomic mass is 15.1. The van der Waals surface area contributed by atoms with Gasteiger partial charge in [0.05, 0.1) is 6.04 Å². The summed E-state index contributed by atoms with van der Waals surface area (Å²) in [7, 11) is 2.09. The maximum Gasteiger partial charge on any atom is 0.125 e. The van der Waals surface area contributed by atoms with Crippen molar-refractivity contribution in [3.63, 3.8) is 0 Å². The lowest BCUT2D eigenvalue weighted by atomic mass is 9.89. The van der Waals surface area contributed by atoms with Crippen molar-refractivity contribution in [2.45, 2.75) is 39.2 Å². The van der Waals surface area contributed by atoms with E-state index in [-0.39, 0.29) is 0 Å². The molecule has 1 fully saturated rings. The van der Waals surface area contributed by atoms with Crippen molar-refractivity contribution >= 4 is 0 Å². The first-order chi connectivity index (χ1) is 7.74. The molecule has 0 aromatic carbocycles. The number of rotatable bonds is 4. The molecule has 0 amide bonds. The number of aromatic nitrogens is 2. The third-order valence-electron chi connectivity index (χ3n) is 3.92. The van der Waals surface area contributed by atoms with Crippen molar-refractivity contribution in [3.8, 4) is 0 Å². The summed E-state index contributed by atoms with van der Waals surface area (Å²) in [4.78, 5) is 4.51. The second-order valence-corrected chi connectivity index (χ2v) is 5.00. The topological polar surface area (TPSA) is 29.9 Å². The summed E-state index contributed by atoms with van der Waals surface area (Å²) in [6.45, 7) is 5.57. The Morgan fingerprint density at radius 2 is 2.38 bits per heavy atom. The number of aryl methyl sites for hydroxylation is 1. The van der Waals surface area contributed by atoms with Crippen LogP contribution in [0.4, 0.5) is 0 Å². The number of imidazole rings is 1. The minimum atomic E-state index is 0.433. The smallest absolute Gasteiger partial charge is 0.125 e. The first-order valence-electron chi connectivity index (χ1n) is 6.44. The molecule has 3 unspecified atom stereocenters. The maximum atomic E-state index is 4.51. The highest BCUT2D eigenvalue weighted by molar-refractivity contribution is 5.03. The zero-order valence-corrected chi connectivity index (χ0v) is 10.6. The molecule has 0 bridgehead atoms. The maximum absolute atomic E-state index is 4.51. The Labute approximate surface area is 98.3 Å². The lowest BCUT2D eigenvalue weighted by Gasteiger charge is -2.27. The molecule has 0 saturated heterocycles. The largest absolute Gasteiger partial charge is 0.337 e. The lowest BCUT2D eigenvalue weighted by molar-refractivity contribution is 0.291. The second kappa shape index (κ2) is 5.00. The van der Waals surface area contributed by atoms with Gasteiger partial charge in [0.1, 0.15) is 5.82 Å². The van der Waals surface area contributed by atoms with Crippen molar-refractivity contribution in [2.24, 2.45) is 18.9 Å². The van der Waals surface area contributed by atoms with Gasteiger partial charge in [0.2, 0.25) is 0 Å². The molecule has 1 aromatic rings. The zero-order valence-electron chi connectivity index (χ0n) is 10.6. The van der Waals surface area contributed by atoms with Crippen LogP contribution in [0.5, 0.6) is 0 Å². The number of nitrogens with zero attached hydrogens (tertiary/aromatic N) is 2. The SMILES string of the molecule is CCNC(c1nccn1C)C1CCCC1C. The molecule has 2 rings (SSSR count). The Morgan fingerprint density at radius 3 is 2.88 bits per heavy atom. The molecule has 16 heavy (non-hydrogen) atoms. The molecule has 0 radical (unpaired) electrons. The lowest BCUT2D eigenvalue weighted by Crippen LogP contribution is -2.31. The van der Waals surface area contributed by atoms with Crippen molar-refractivity contribution in [1.82, 2.24) is 14.9 Å². The van der Waals surface area contributed by atoms with Gasteiger partial charge in [-0.05, 0) is 24.8 Å². The Kier molecular flexibility index (Phi) is 3.64. The minimum Gasteiger partial charge on any atom is -0.337 e. The van der Waals surface area contributed by atoms with Crippen LogP contribution in [-0.4, -0.2) is 16.1 Å². The molecule has 0 aliphatic heterocycles. The van der Waals surface area contributed by atoms with Crippen LogP contribution in [0.3, 0.4) is 0 Å².